The molecule has 1 heterocycles. The van der Waals surface area contributed by atoms with Gasteiger partial charge in [-0.05, 0) is 42.3 Å². The first kappa shape index (κ1) is 25.6. The molecule has 0 bridgehead atoms. The van der Waals surface area contributed by atoms with Gasteiger partial charge >= 0.3 is 5.97 Å². The summed E-state index contributed by atoms with van der Waals surface area (Å²) in [6.45, 7) is -0.267. The molecule has 0 aliphatic carbocycles. The molecule has 1 aliphatic rings. The topological polar surface area (TPSA) is 93.1 Å². The summed E-state index contributed by atoms with van der Waals surface area (Å²) in [7, 11) is -3.15. The number of nitrogens with zero attached hydrogens (tertiary/aromatic N) is 1. The summed E-state index contributed by atoms with van der Waals surface area (Å²) in [6, 6.07) is 8.87. The highest BCUT2D eigenvalue weighted by molar-refractivity contribution is 7.92. The van der Waals surface area contributed by atoms with Crippen LogP contribution < -0.4 is 13.8 Å². The summed E-state index contributed by atoms with van der Waals surface area (Å²) in [5, 5.41) is 8.69. The fourth-order valence-electron chi connectivity index (χ4n) is 3.84. The number of rotatable bonds is 7. The summed E-state index contributed by atoms with van der Waals surface area (Å²) in [5.74, 6) is -3.90. The Kier molecular flexibility index (Phi) is 7.05. The van der Waals surface area contributed by atoms with Crippen LogP contribution in [0.15, 0.2) is 53.4 Å². The van der Waals surface area contributed by atoms with E-state index in [1.54, 1.807) is 0 Å². The van der Waals surface area contributed by atoms with Crippen molar-refractivity contribution in [2.75, 3.05) is 18.0 Å². The van der Waals surface area contributed by atoms with E-state index in [1.807, 2.05) is 0 Å². The van der Waals surface area contributed by atoms with Gasteiger partial charge in [0.05, 0.1) is 29.3 Å². The monoisotopic (exact) mass is 541 g/mol. The van der Waals surface area contributed by atoms with Crippen LogP contribution >= 0.6 is 11.6 Å². The van der Waals surface area contributed by atoms with Crippen LogP contribution in [-0.4, -0.2) is 39.3 Å². The number of ether oxygens (including phenoxy) is 2. The molecule has 0 amide bonds. The minimum absolute atomic E-state index is 0.00855. The van der Waals surface area contributed by atoms with E-state index in [-0.39, 0.29) is 57.6 Å². The zero-order chi connectivity index (χ0) is 26.2. The number of halogens is 4. The lowest BCUT2D eigenvalue weighted by Crippen LogP contribution is -2.43. The predicted molar refractivity (Wildman–Crippen MR) is 126 cm³/mol. The summed E-state index contributed by atoms with van der Waals surface area (Å²) in [4.78, 5) is 10.8. The van der Waals surface area contributed by atoms with E-state index in [9.17, 15) is 26.4 Å². The van der Waals surface area contributed by atoms with Crippen molar-refractivity contribution < 1.29 is 41.0 Å². The zero-order valence-electron chi connectivity index (χ0n) is 18.7. The van der Waals surface area contributed by atoms with E-state index in [4.69, 9.17) is 26.2 Å². The number of carboxylic acids is 1. The summed E-state index contributed by atoms with van der Waals surface area (Å²) >= 11 is 6.04. The molecule has 0 unspecified atom stereocenters. The van der Waals surface area contributed by atoms with Crippen LogP contribution in [0.25, 0.3) is 11.1 Å². The molecule has 0 saturated heterocycles. The van der Waals surface area contributed by atoms with Gasteiger partial charge < -0.3 is 14.6 Å². The molecule has 0 radical (unpaired) electrons. The fourth-order valence-corrected chi connectivity index (χ4v) is 5.57. The van der Waals surface area contributed by atoms with Crippen molar-refractivity contribution in [1.82, 2.24) is 0 Å². The molecule has 3 aromatic rings. The number of methoxy groups -OCH3 is 1. The first-order valence-electron chi connectivity index (χ1n) is 10.5. The summed E-state index contributed by atoms with van der Waals surface area (Å²) < 4.78 is 81.0. The molecule has 1 N–H and O–H groups in total. The van der Waals surface area contributed by atoms with Crippen LogP contribution in [-0.2, 0) is 14.8 Å². The highest BCUT2D eigenvalue weighted by atomic mass is 35.5. The Bertz CT molecular complexity index is 1450. The maximum absolute atomic E-state index is 14.1. The number of anilines is 1. The van der Waals surface area contributed by atoms with E-state index in [1.165, 1.54) is 25.3 Å². The first-order valence-corrected chi connectivity index (χ1v) is 12.4. The normalized spacial score (nSPS) is 15.2. The van der Waals surface area contributed by atoms with Gasteiger partial charge in [0.2, 0.25) is 0 Å². The van der Waals surface area contributed by atoms with E-state index >= 15 is 0 Å². The van der Waals surface area contributed by atoms with Gasteiger partial charge in [0.15, 0.2) is 11.6 Å². The molecule has 4 rings (SSSR count). The lowest BCUT2D eigenvalue weighted by molar-refractivity contribution is -0.137. The third-order valence-electron chi connectivity index (χ3n) is 5.59. The first-order chi connectivity index (χ1) is 17.0. The molecule has 7 nitrogen and oxygen atoms in total. The summed E-state index contributed by atoms with van der Waals surface area (Å²) in [5.41, 5.74) is 0.232. The highest BCUT2D eigenvalue weighted by Gasteiger charge is 2.35. The molecule has 12 heteroatoms. The Morgan fingerprint density at radius 2 is 1.89 bits per heavy atom. The van der Waals surface area contributed by atoms with Gasteiger partial charge in [0.1, 0.15) is 23.5 Å². The van der Waals surface area contributed by atoms with Gasteiger partial charge in [-0.25, -0.2) is 21.6 Å². The molecule has 190 valence electrons. The molecular formula is C24H19ClF3NO6S. The Morgan fingerprint density at radius 1 is 1.14 bits per heavy atom. The van der Waals surface area contributed by atoms with Crippen molar-refractivity contribution in [3.8, 4) is 22.6 Å². The van der Waals surface area contributed by atoms with Crippen molar-refractivity contribution >= 4 is 33.3 Å². The maximum Gasteiger partial charge on any atom is 0.303 e. The standard InChI is InChI=1S/C24H19ClF3NO6S/c1-34-22-11-16(4-5-18(22)27)36(32,33)29-12-15(3-7-23(30)31)35-21-6-2-13(8-20(21)29)17-9-14(26)10-19(28)24(17)25/h2,4-6,8-11,15H,3,7,12H2,1H3,(H,30,31)/t15-/m0/s1. The van der Waals surface area contributed by atoms with Crippen LogP contribution in [0.1, 0.15) is 12.8 Å². The molecule has 1 aliphatic heterocycles. The SMILES string of the molecule is COc1cc(S(=O)(=O)N2C[C@H](CCC(=O)O)Oc3ccc(-c4cc(F)cc(F)c4Cl)cc32)ccc1F. The van der Waals surface area contributed by atoms with E-state index < -0.39 is 39.5 Å². The largest absolute Gasteiger partial charge is 0.494 e. The second-order valence-corrected chi connectivity index (χ2v) is 10.2. The fraction of sp³-hybridized carbons (Fsp3) is 0.208. The smallest absolute Gasteiger partial charge is 0.303 e. The summed E-state index contributed by atoms with van der Waals surface area (Å²) in [6.07, 6.45) is -1.07. The molecule has 0 aromatic heterocycles. The van der Waals surface area contributed by atoms with Gasteiger partial charge in [0.25, 0.3) is 10.0 Å². The Morgan fingerprint density at radius 3 is 2.58 bits per heavy atom. The Labute approximate surface area is 209 Å². The van der Waals surface area contributed by atoms with Crippen molar-refractivity contribution in [1.29, 1.82) is 0 Å². The van der Waals surface area contributed by atoms with Gasteiger partial charge in [0, 0.05) is 24.1 Å². The number of sulfonamides is 1. The van der Waals surface area contributed by atoms with E-state index in [0.29, 0.717) is 6.07 Å². The quantitative estimate of drug-likeness (QED) is 0.411. The third kappa shape index (κ3) is 4.93. The number of hydrogen-bond acceptors (Lipinski definition) is 5. The maximum atomic E-state index is 14.1. The number of carbonyl (C=O) groups is 1. The Balaban J connectivity index is 1.85. The van der Waals surface area contributed by atoms with Gasteiger partial charge in [-0.3, -0.25) is 9.10 Å². The van der Waals surface area contributed by atoms with Crippen molar-refractivity contribution in [3.05, 3.63) is 71.0 Å². The zero-order valence-corrected chi connectivity index (χ0v) is 20.2. The van der Waals surface area contributed by atoms with Gasteiger partial charge in [-0.15, -0.1) is 0 Å². The highest BCUT2D eigenvalue weighted by Crippen LogP contribution is 2.42. The van der Waals surface area contributed by atoms with Crippen LogP contribution in [0.2, 0.25) is 5.02 Å². The van der Waals surface area contributed by atoms with Gasteiger partial charge in [-0.2, -0.15) is 0 Å². The number of carboxylic acid groups (broad SMARTS) is 1. The lowest BCUT2D eigenvalue weighted by Gasteiger charge is -2.35. The third-order valence-corrected chi connectivity index (χ3v) is 7.75. The predicted octanol–water partition coefficient (Wildman–Crippen LogP) is 5.25. The molecule has 36 heavy (non-hydrogen) atoms. The number of benzene rings is 3. The number of aliphatic carboxylic acids is 1. The minimum Gasteiger partial charge on any atom is -0.494 e. The lowest BCUT2D eigenvalue weighted by atomic mass is 10.0. The van der Waals surface area contributed by atoms with Crippen LogP contribution in [0, 0.1) is 17.5 Å². The molecule has 0 spiro atoms. The van der Waals surface area contributed by atoms with E-state index in [2.05, 4.69) is 0 Å². The molecule has 0 fully saturated rings. The second kappa shape index (κ2) is 9.90. The molecule has 0 saturated carbocycles. The van der Waals surface area contributed by atoms with Crippen LogP contribution in [0.4, 0.5) is 18.9 Å². The second-order valence-electron chi connectivity index (χ2n) is 7.94. The van der Waals surface area contributed by atoms with Gasteiger partial charge in [-0.1, -0.05) is 17.7 Å². The molecule has 1 atom stereocenters. The number of fused-ring (bicyclic) bond motifs is 1. The molecular weight excluding hydrogens is 523 g/mol. The number of hydrogen-bond donors (Lipinski definition) is 1. The van der Waals surface area contributed by atoms with Crippen LogP contribution in [0.3, 0.4) is 0 Å². The van der Waals surface area contributed by atoms with Crippen molar-refractivity contribution in [2.45, 2.75) is 23.8 Å². The average molecular weight is 542 g/mol. The minimum atomic E-state index is -4.34. The average Bonchev–Trinajstić information content (AvgIpc) is 2.84. The van der Waals surface area contributed by atoms with Crippen LogP contribution in [0.5, 0.6) is 11.5 Å². The molecule has 3 aromatic carbocycles. The van der Waals surface area contributed by atoms with E-state index in [0.717, 1.165) is 28.6 Å². The van der Waals surface area contributed by atoms with Crippen molar-refractivity contribution in [2.24, 2.45) is 0 Å². The van der Waals surface area contributed by atoms with Crippen molar-refractivity contribution in [3.63, 3.8) is 0 Å². The Hall–Kier alpha value is -3.44.